The summed E-state index contributed by atoms with van der Waals surface area (Å²) >= 11 is 6.47. The topological polar surface area (TPSA) is 0 Å². The zero-order valence-electron chi connectivity index (χ0n) is 10.2. The van der Waals surface area contributed by atoms with Crippen molar-refractivity contribution in [3.63, 3.8) is 0 Å². The van der Waals surface area contributed by atoms with Crippen LogP contribution in [0.4, 0.5) is 8.78 Å². The third-order valence-electron chi connectivity index (χ3n) is 4.69. The highest BCUT2D eigenvalue weighted by atomic mass is 35.5. The van der Waals surface area contributed by atoms with Crippen LogP contribution in [0.15, 0.2) is 18.2 Å². The number of rotatable bonds is 3. The zero-order valence-corrected chi connectivity index (χ0v) is 11.0. The molecule has 2 fully saturated rings. The molecule has 2 saturated carbocycles. The molecule has 0 amide bonds. The van der Waals surface area contributed by atoms with Gasteiger partial charge in [0.25, 0.3) is 0 Å². The molecule has 0 saturated heterocycles. The summed E-state index contributed by atoms with van der Waals surface area (Å²) in [5.74, 6) is 1.11. The maximum Gasteiger partial charge on any atom is 0.129 e. The van der Waals surface area contributed by atoms with Gasteiger partial charge >= 0.3 is 0 Å². The van der Waals surface area contributed by atoms with Crippen molar-refractivity contribution in [2.45, 2.75) is 37.5 Å². The molecule has 0 aromatic heterocycles. The van der Waals surface area contributed by atoms with Crippen LogP contribution in [0.3, 0.4) is 0 Å². The van der Waals surface area contributed by atoms with Crippen LogP contribution in [0.5, 0.6) is 0 Å². The van der Waals surface area contributed by atoms with Crippen LogP contribution in [0.1, 0.15) is 31.2 Å². The molecule has 0 N–H and O–H groups in total. The first-order valence-corrected chi connectivity index (χ1v) is 7.15. The van der Waals surface area contributed by atoms with E-state index in [0.29, 0.717) is 17.9 Å². The van der Waals surface area contributed by atoms with E-state index >= 15 is 0 Å². The summed E-state index contributed by atoms with van der Waals surface area (Å²) in [6, 6.07) is 3.77. The Morgan fingerprint density at radius 3 is 2.67 bits per heavy atom. The van der Waals surface area contributed by atoms with Crippen LogP contribution in [-0.2, 0) is 6.42 Å². The van der Waals surface area contributed by atoms with Crippen molar-refractivity contribution in [1.29, 1.82) is 0 Å². The molecule has 98 valence electrons. The fourth-order valence-corrected chi connectivity index (χ4v) is 4.26. The minimum absolute atomic E-state index is 0.0136. The van der Waals surface area contributed by atoms with E-state index < -0.39 is 11.6 Å². The van der Waals surface area contributed by atoms with Gasteiger partial charge in [-0.3, -0.25) is 0 Å². The lowest BCUT2D eigenvalue weighted by atomic mass is 9.84. The number of benzene rings is 1. The molecule has 0 spiro atoms. The van der Waals surface area contributed by atoms with E-state index in [4.69, 9.17) is 11.6 Å². The Hall–Kier alpha value is -0.630. The molecule has 3 rings (SSSR count). The van der Waals surface area contributed by atoms with Crippen LogP contribution in [-0.4, -0.2) is 5.38 Å². The molecule has 0 nitrogen and oxygen atoms in total. The van der Waals surface area contributed by atoms with Gasteiger partial charge < -0.3 is 0 Å². The van der Waals surface area contributed by atoms with Gasteiger partial charge in [-0.15, -0.1) is 11.6 Å². The van der Waals surface area contributed by atoms with Crippen LogP contribution in [0.2, 0.25) is 0 Å². The van der Waals surface area contributed by atoms with Crippen LogP contribution >= 0.6 is 11.6 Å². The van der Waals surface area contributed by atoms with E-state index in [9.17, 15) is 8.78 Å². The third-order valence-corrected chi connectivity index (χ3v) is 5.17. The van der Waals surface area contributed by atoms with Gasteiger partial charge in [-0.05, 0) is 55.1 Å². The van der Waals surface area contributed by atoms with E-state index in [-0.39, 0.29) is 5.38 Å². The molecule has 2 aliphatic carbocycles. The second kappa shape index (κ2) is 4.80. The van der Waals surface area contributed by atoms with Gasteiger partial charge in [0.2, 0.25) is 0 Å². The molecule has 0 heterocycles. The van der Waals surface area contributed by atoms with Gasteiger partial charge in [0.1, 0.15) is 11.6 Å². The quantitative estimate of drug-likeness (QED) is 0.707. The maximum absolute atomic E-state index is 13.6. The number of alkyl halides is 1. The molecule has 3 heteroatoms. The van der Waals surface area contributed by atoms with E-state index in [1.807, 2.05) is 0 Å². The Morgan fingerprint density at radius 1 is 1.22 bits per heavy atom. The minimum atomic E-state index is -0.526. The van der Waals surface area contributed by atoms with Gasteiger partial charge in [0.05, 0.1) is 0 Å². The largest absolute Gasteiger partial charge is 0.207 e. The summed E-state index contributed by atoms with van der Waals surface area (Å²) in [7, 11) is 0. The molecular formula is C15H17ClF2. The Balaban J connectivity index is 1.69. The van der Waals surface area contributed by atoms with Gasteiger partial charge in [0.15, 0.2) is 0 Å². The van der Waals surface area contributed by atoms with Crippen molar-refractivity contribution in [3.05, 3.63) is 35.4 Å². The second-order valence-electron chi connectivity index (χ2n) is 5.79. The zero-order chi connectivity index (χ0) is 12.7. The van der Waals surface area contributed by atoms with Gasteiger partial charge in [0, 0.05) is 11.4 Å². The molecular weight excluding hydrogens is 254 g/mol. The predicted molar refractivity (Wildman–Crippen MR) is 68.6 cm³/mol. The third kappa shape index (κ3) is 2.27. The molecule has 2 aliphatic rings. The molecule has 1 aromatic rings. The minimum Gasteiger partial charge on any atom is -0.207 e. The fraction of sp³-hybridized carbons (Fsp3) is 0.600. The number of fused-ring (bicyclic) bond motifs is 2. The first-order valence-electron chi connectivity index (χ1n) is 6.71. The summed E-state index contributed by atoms with van der Waals surface area (Å²) < 4.78 is 26.4. The second-order valence-corrected chi connectivity index (χ2v) is 6.36. The SMILES string of the molecule is Fc1ccc(CC(Cl)C2CC3CCC2C3)c(F)c1. The van der Waals surface area contributed by atoms with Gasteiger partial charge in [-0.25, -0.2) is 8.78 Å². The average Bonchev–Trinajstić information content (AvgIpc) is 2.94. The lowest BCUT2D eigenvalue weighted by Gasteiger charge is -2.26. The Bertz CT molecular complexity index is 446. The van der Waals surface area contributed by atoms with Crippen molar-refractivity contribution in [2.24, 2.45) is 17.8 Å². The smallest absolute Gasteiger partial charge is 0.129 e. The molecule has 4 unspecified atom stereocenters. The summed E-state index contributed by atoms with van der Waals surface area (Å²) in [6.07, 6.45) is 5.64. The van der Waals surface area contributed by atoms with Crippen LogP contribution < -0.4 is 0 Å². The van der Waals surface area contributed by atoms with Gasteiger partial charge in [-0.2, -0.15) is 0 Å². The molecule has 4 atom stereocenters. The molecule has 2 bridgehead atoms. The molecule has 0 radical (unpaired) electrons. The van der Waals surface area contributed by atoms with Crippen molar-refractivity contribution in [2.75, 3.05) is 0 Å². The average molecular weight is 271 g/mol. The Labute approximate surface area is 111 Å². The lowest BCUT2D eigenvalue weighted by molar-refractivity contribution is 0.318. The first-order chi connectivity index (χ1) is 8.63. The monoisotopic (exact) mass is 270 g/mol. The maximum atomic E-state index is 13.6. The number of hydrogen-bond donors (Lipinski definition) is 0. The number of halogens is 3. The summed E-state index contributed by atoms with van der Waals surface area (Å²) in [6.45, 7) is 0. The number of hydrogen-bond acceptors (Lipinski definition) is 0. The molecule has 0 aliphatic heterocycles. The summed E-state index contributed by atoms with van der Waals surface area (Å²) in [4.78, 5) is 0. The lowest BCUT2D eigenvalue weighted by Crippen LogP contribution is -2.23. The fourth-order valence-electron chi connectivity index (χ4n) is 3.79. The highest BCUT2D eigenvalue weighted by Gasteiger charge is 2.42. The highest BCUT2D eigenvalue weighted by molar-refractivity contribution is 6.21. The van der Waals surface area contributed by atoms with E-state index in [1.165, 1.54) is 37.8 Å². The van der Waals surface area contributed by atoms with Crippen molar-refractivity contribution in [1.82, 2.24) is 0 Å². The van der Waals surface area contributed by atoms with E-state index in [2.05, 4.69) is 0 Å². The van der Waals surface area contributed by atoms with Crippen molar-refractivity contribution >= 4 is 11.6 Å². The summed E-state index contributed by atoms with van der Waals surface area (Å²) in [5.41, 5.74) is 0.541. The van der Waals surface area contributed by atoms with Crippen molar-refractivity contribution in [3.8, 4) is 0 Å². The Kier molecular flexibility index (Phi) is 3.31. The normalized spacial score (nSPS) is 31.8. The molecule has 18 heavy (non-hydrogen) atoms. The van der Waals surface area contributed by atoms with E-state index in [1.54, 1.807) is 0 Å². The molecule has 1 aromatic carbocycles. The highest BCUT2D eigenvalue weighted by Crippen LogP contribution is 2.51. The van der Waals surface area contributed by atoms with Crippen molar-refractivity contribution < 1.29 is 8.78 Å². The van der Waals surface area contributed by atoms with Crippen LogP contribution in [0, 0.1) is 29.4 Å². The first kappa shape index (κ1) is 12.4. The summed E-state index contributed by atoms with van der Waals surface area (Å²) in [5, 5.41) is -0.0136. The van der Waals surface area contributed by atoms with Gasteiger partial charge in [-0.1, -0.05) is 12.5 Å². The van der Waals surface area contributed by atoms with E-state index in [0.717, 1.165) is 17.9 Å². The Morgan fingerprint density at radius 2 is 2.06 bits per heavy atom. The predicted octanol–water partition coefficient (Wildman–Crippen LogP) is 4.55. The van der Waals surface area contributed by atoms with Crippen LogP contribution in [0.25, 0.3) is 0 Å². The standard InChI is InChI=1S/C15H17ClF2/c16-14(13-6-9-1-2-10(13)5-9)7-11-3-4-12(17)8-15(11)18/h3-4,8-10,13-14H,1-2,5-7H2.